The molecule has 2 rings (SSSR count). The minimum atomic E-state index is -0.320. The van der Waals surface area contributed by atoms with Gasteiger partial charge in [-0.05, 0) is 56.3 Å². The van der Waals surface area contributed by atoms with Crippen LogP contribution >= 0.6 is 0 Å². The molecule has 0 aliphatic heterocycles. The second-order valence-electron chi connectivity index (χ2n) is 4.94. The van der Waals surface area contributed by atoms with Crippen molar-refractivity contribution in [2.45, 2.75) is 26.8 Å². The van der Waals surface area contributed by atoms with Crippen LogP contribution in [-0.2, 0) is 0 Å². The summed E-state index contributed by atoms with van der Waals surface area (Å²) in [5.41, 5.74) is 0.964. The topological polar surface area (TPSA) is 21.3 Å². The van der Waals surface area contributed by atoms with Gasteiger partial charge in [0.15, 0.2) is 0 Å². The fourth-order valence-electron chi connectivity index (χ4n) is 2.24. The molecule has 0 radical (unpaired) electrons. The lowest BCUT2D eigenvalue weighted by Crippen LogP contribution is -2.19. The first-order valence-electron chi connectivity index (χ1n) is 6.98. The average molecular weight is 291 g/mol. The van der Waals surface area contributed by atoms with Crippen LogP contribution in [0.1, 0.15) is 31.0 Å². The Morgan fingerprint density at radius 2 is 1.90 bits per heavy atom. The molecule has 0 aromatic heterocycles. The number of rotatable bonds is 5. The van der Waals surface area contributed by atoms with E-state index in [1.807, 2.05) is 13.8 Å². The Bertz CT molecular complexity index is 628. The van der Waals surface area contributed by atoms with Crippen molar-refractivity contribution < 1.29 is 13.5 Å². The van der Waals surface area contributed by atoms with Crippen LogP contribution in [0, 0.1) is 18.6 Å². The van der Waals surface area contributed by atoms with Crippen molar-refractivity contribution in [3.8, 4) is 11.5 Å². The van der Waals surface area contributed by atoms with Crippen LogP contribution in [0.15, 0.2) is 36.4 Å². The van der Waals surface area contributed by atoms with E-state index in [2.05, 4.69) is 5.32 Å². The Balaban J connectivity index is 2.35. The summed E-state index contributed by atoms with van der Waals surface area (Å²) < 4.78 is 33.1. The van der Waals surface area contributed by atoms with Crippen LogP contribution in [0.2, 0.25) is 0 Å². The predicted octanol–water partition coefficient (Wildman–Crippen LogP) is 4.74. The zero-order chi connectivity index (χ0) is 15.4. The highest BCUT2D eigenvalue weighted by atomic mass is 19.1. The van der Waals surface area contributed by atoms with E-state index < -0.39 is 0 Å². The summed E-state index contributed by atoms with van der Waals surface area (Å²) in [6.45, 7) is 6.23. The first-order valence-corrected chi connectivity index (χ1v) is 6.98. The molecule has 4 heteroatoms. The minimum absolute atomic E-state index is 0.173. The van der Waals surface area contributed by atoms with E-state index in [1.165, 1.54) is 18.2 Å². The van der Waals surface area contributed by atoms with Crippen molar-refractivity contribution in [3.05, 3.63) is 59.2 Å². The van der Waals surface area contributed by atoms with E-state index in [4.69, 9.17) is 4.74 Å². The molecule has 2 aromatic rings. The highest BCUT2D eigenvalue weighted by Crippen LogP contribution is 2.32. The van der Waals surface area contributed by atoms with Gasteiger partial charge in [-0.3, -0.25) is 0 Å². The molecule has 0 bridgehead atoms. The van der Waals surface area contributed by atoms with Gasteiger partial charge >= 0.3 is 0 Å². The van der Waals surface area contributed by atoms with Gasteiger partial charge in [-0.2, -0.15) is 0 Å². The maximum absolute atomic E-state index is 14.1. The van der Waals surface area contributed by atoms with Crippen LogP contribution in [0.4, 0.5) is 8.78 Å². The lowest BCUT2D eigenvalue weighted by atomic mass is 10.1. The first kappa shape index (κ1) is 15.4. The number of halogens is 2. The highest BCUT2D eigenvalue weighted by molar-refractivity contribution is 5.41. The number of ether oxygens (including phenoxy) is 1. The Hall–Kier alpha value is -1.94. The second-order valence-corrected chi connectivity index (χ2v) is 4.94. The van der Waals surface area contributed by atoms with E-state index in [9.17, 15) is 8.78 Å². The van der Waals surface area contributed by atoms with Gasteiger partial charge in [-0.25, -0.2) is 8.78 Å². The van der Waals surface area contributed by atoms with Crippen molar-refractivity contribution >= 4 is 0 Å². The van der Waals surface area contributed by atoms with Crippen LogP contribution in [0.3, 0.4) is 0 Å². The SMILES string of the molecule is CCNC(C)c1c(F)cccc1Oc1ccc(F)c(C)c1. The van der Waals surface area contributed by atoms with Gasteiger partial charge in [0.05, 0.1) is 0 Å². The van der Waals surface area contributed by atoms with E-state index in [0.717, 1.165) is 6.54 Å². The molecule has 2 nitrogen and oxygen atoms in total. The van der Waals surface area contributed by atoms with E-state index in [0.29, 0.717) is 22.6 Å². The standard InChI is InChI=1S/C17H19F2NO/c1-4-20-12(3)17-15(19)6-5-7-16(17)21-13-8-9-14(18)11(2)10-13/h5-10,12,20H,4H2,1-3H3. The summed E-state index contributed by atoms with van der Waals surface area (Å²) in [7, 11) is 0. The monoisotopic (exact) mass is 291 g/mol. The number of hydrogen-bond donors (Lipinski definition) is 1. The number of aryl methyl sites for hydroxylation is 1. The van der Waals surface area contributed by atoms with Crippen molar-refractivity contribution in [3.63, 3.8) is 0 Å². The third kappa shape index (κ3) is 3.58. The molecule has 0 saturated heterocycles. The average Bonchev–Trinajstić information content (AvgIpc) is 2.43. The molecule has 0 aliphatic rings. The summed E-state index contributed by atoms with van der Waals surface area (Å²) in [5.74, 6) is 0.321. The van der Waals surface area contributed by atoms with Gasteiger partial charge in [-0.1, -0.05) is 13.0 Å². The quantitative estimate of drug-likeness (QED) is 0.859. The number of hydrogen-bond acceptors (Lipinski definition) is 2. The van der Waals surface area contributed by atoms with Crippen molar-refractivity contribution in [1.82, 2.24) is 5.32 Å². The molecule has 1 atom stereocenters. The Labute approximate surface area is 123 Å². The zero-order valence-electron chi connectivity index (χ0n) is 12.4. The molecule has 0 spiro atoms. The van der Waals surface area contributed by atoms with Crippen LogP contribution in [-0.4, -0.2) is 6.54 Å². The maximum atomic E-state index is 14.1. The van der Waals surface area contributed by atoms with E-state index in [-0.39, 0.29) is 17.7 Å². The Morgan fingerprint density at radius 3 is 2.57 bits per heavy atom. The fourth-order valence-corrected chi connectivity index (χ4v) is 2.24. The molecular formula is C17H19F2NO. The summed E-state index contributed by atoms with van der Waals surface area (Å²) in [4.78, 5) is 0. The molecule has 112 valence electrons. The minimum Gasteiger partial charge on any atom is -0.457 e. The van der Waals surface area contributed by atoms with Gasteiger partial charge in [0.2, 0.25) is 0 Å². The lowest BCUT2D eigenvalue weighted by Gasteiger charge is -2.18. The number of benzene rings is 2. The lowest BCUT2D eigenvalue weighted by molar-refractivity contribution is 0.446. The molecule has 0 fully saturated rings. The predicted molar refractivity (Wildman–Crippen MR) is 79.7 cm³/mol. The highest BCUT2D eigenvalue weighted by Gasteiger charge is 2.16. The molecule has 0 heterocycles. The molecule has 1 unspecified atom stereocenters. The first-order chi connectivity index (χ1) is 10.0. The third-order valence-electron chi connectivity index (χ3n) is 3.31. The largest absolute Gasteiger partial charge is 0.457 e. The summed E-state index contributed by atoms with van der Waals surface area (Å²) in [5, 5.41) is 3.17. The second kappa shape index (κ2) is 6.68. The zero-order valence-corrected chi connectivity index (χ0v) is 12.4. The third-order valence-corrected chi connectivity index (χ3v) is 3.31. The van der Waals surface area contributed by atoms with Crippen molar-refractivity contribution in [1.29, 1.82) is 0 Å². The van der Waals surface area contributed by atoms with Crippen LogP contribution in [0.25, 0.3) is 0 Å². The smallest absolute Gasteiger partial charge is 0.135 e. The summed E-state index contributed by atoms with van der Waals surface area (Å²) in [6.07, 6.45) is 0. The van der Waals surface area contributed by atoms with E-state index in [1.54, 1.807) is 25.1 Å². The molecule has 0 amide bonds. The molecule has 21 heavy (non-hydrogen) atoms. The Kier molecular flexibility index (Phi) is 4.91. The summed E-state index contributed by atoms with van der Waals surface area (Å²) in [6, 6.07) is 9.03. The normalized spacial score (nSPS) is 12.2. The van der Waals surface area contributed by atoms with Gasteiger partial charge in [-0.15, -0.1) is 0 Å². The van der Waals surface area contributed by atoms with Gasteiger partial charge < -0.3 is 10.1 Å². The Morgan fingerprint density at radius 1 is 1.14 bits per heavy atom. The van der Waals surface area contributed by atoms with Crippen LogP contribution < -0.4 is 10.1 Å². The number of nitrogens with one attached hydrogen (secondary N) is 1. The summed E-state index contributed by atoms with van der Waals surface area (Å²) >= 11 is 0. The van der Waals surface area contributed by atoms with Crippen LogP contribution in [0.5, 0.6) is 11.5 Å². The van der Waals surface area contributed by atoms with Crippen molar-refractivity contribution in [2.75, 3.05) is 6.54 Å². The maximum Gasteiger partial charge on any atom is 0.135 e. The van der Waals surface area contributed by atoms with E-state index >= 15 is 0 Å². The molecule has 1 N–H and O–H groups in total. The fraction of sp³-hybridized carbons (Fsp3) is 0.294. The molecule has 0 saturated carbocycles. The van der Waals surface area contributed by atoms with Gasteiger partial charge in [0, 0.05) is 11.6 Å². The van der Waals surface area contributed by atoms with Gasteiger partial charge in [0.25, 0.3) is 0 Å². The molecule has 0 aliphatic carbocycles. The molecular weight excluding hydrogens is 272 g/mol. The van der Waals surface area contributed by atoms with Gasteiger partial charge in [0.1, 0.15) is 23.1 Å². The van der Waals surface area contributed by atoms with Crippen molar-refractivity contribution in [2.24, 2.45) is 0 Å². The molecule has 2 aromatic carbocycles.